The lowest BCUT2D eigenvalue weighted by molar-refractivity contribution is -0.163. The van der Waals surface area contributed by atoms with E-state index in [1.807, 2.05) is 6.07 Å². The number of rotatable bonds is 9. The van der Waals surface area contributed by atoms with Crippen LogP contribution < -0.4 is 10.6 Å². The summed E-state index contributed by atoms with van der Waals surface area (Å²) in [5.41, 5.74) is -0.622. The van der Waals surface area contributed by atoms with Crippen molar-refractivity contribution in [3.05, 3.63) is 35.4 Å². The predicted octanol–water partition coefficient (Wildman–Crippen LogP) is 4.80. The molecule has 0 spiro atoms. The number of amides is 1. The summed E-state index contributed by atoms with van der Waals surface area (Å²) in [7, 11) is 0. The summed E-state index contributed by atoms with van der Waals surface area (Å²) in [5.74, 6) is -4.79. The number of nitrogens with zero attached hydrogens (tertiary/aromatic N) is 1. The van der Waals surface area contributed by atoms with Crippen LogP contribution in [0.4, 0.5) is 22.0 Å². The minimum absolute atomic E-state index is 0.181. The van der Waals surface area contributed by atoms with Crippen LogP contribution in [0.15, 0.2) is 24.3 Å². The molecule has 0 radical (unpaired) electrons. The summed E-state index contributed by atoms with van der Waals surface area (Å²) in [4.78, 5) is 12.6. The first kappa shape index (κ1) is 24.1. The second kappa shape index (κ2) is 8.88. The van der Waals surface area contributed by atoms with Gasteiger partial charge in [-0.2, -0.15) is 18.4 Å². The van der Waals surface area contributed by atoms with Crippen molar-refractivity contribution in [3.8, 4) is 6.07 Å². The van der Waals surface area contributed by atoms with E-state index >= 15 is 0 Å². The molecular weight excluding hydrogens is 405 g/mol. The molecule has 1 aromatic rings. The van der Waals surface area contributed by atoms with Gasteiger partial charge in [0.15, 0.2) is 0 Å². The number of aryl methyl sites for hydroxylation is 1. The van der Waals surface area contributed by atoms with Crippen LogP contribution in [0.2, 0.25) is 0 Å². The van der Waals surface area contributed by atoms with Gasteiger partial charge in [-0.15, -0.1) is 0 Å². The van der Waals surface area contributed by atoms with Crippen molar-refractivity contribution >= 4 is 5.91 Å². The highest BCUT2D eigenvalue weighted by molar-refractivity contribution is 5.83. The van der Waals surface area contributed by atoms with E-state index in [9.17, 15) is 26.7 Å². The Morgan fingerprint density at radius 2 is 1.70 bits per heavy atom. The standard InChI is InChI=1S/C21H26F5N3O/c1-13(2)10-20(22,23)11-16(18(30)29-19(12-27)8-9-19)28-17(21(24,25)26)15-6-4-14(3)5-7-15/h4-7,13,16-17,28H,8-11H2,1-3H3,(H,29,30)/t16-,17?/m0/s1. The first-order chi connectivity index (χ1) is 13.8. The van der Waals surface area contributed by atoms with Gasteiger partial charge in [-0.1, -0.05) is 43.7 Å². The molecule has 4 nitrogen and oxygen atoms in total. The summed E-state index contributed by atoms with van der Waals surface area (Å²) >= 11 is 0. The highest BCUT2D eigenvalue weighted by Crippen LogP contribution is 2.37. The Morgan fingerprint density at radius 3 is 2.13 bits per heavy atom. The molecule has 9 heteroatoms. The molecule has 1 aromatic carbocycles. The van der Waals surface area contributed by atoms with Crippen LogP contribution in [0.5, 0.6) is 0 Å². The topological polar surface area (TPSA) is 64.9 Å². The highest BCUT2D eigenvalue weighted by atomic mass is 19.4. The Balaban J connectivity index is 2.31. The minimum atomic E-state index is -4.81. The SMILES string of the molecule is Cc1ccc(C(N[C@@H](CC(F)(F)CC(C)C)C(=O)NC2(C#N)CC2)C(F)(F)F)cc1. The fourth-order valence-electron chi connectivity index (χ4n) is 3.26. The van der Waals surface area contributed by atoms with E-state index < -0.39 is 54.4 Å². The maximum atomic E-state index is 14.5. The Kier molecular flexibility index (Phi) is 7.12. The first-order valence-corrected chi connectivity index (χ1v) is 9.77. The molecule has 2 rings (SSSR count). The number of alkyl halides is 5. The molecule has 1 fully saturated rings. The number of hydrogen-bond acceptors (Lipinski definition) is 3. The molecule has 166 valence electrons. The number of nitriles is 1. The van der Waals surface area contributed by atoms with E-state index in [1.54, 1.807) is 20.8 Å². The molecule has 0 saturated heterocycles. The van der Waals surface area contributed by atoms with Gasteiger partial charge in [-0.3, -0.25) is 10.1 Å². The lowest BCUT2D eigenvalue weighted by atomic mass is 9.96. The van der Waals surface area contributed by atoms with E-state index in [1.165, 1.54) is 24.3 Å². The average Bonchev–Trinajstić information content (AvgIpc) is 3.37. The molecule has 0 aromatic heterocycles. The zero-order valence-corrected chi connectivity index (χ0v) is 17.1. The third-order valence-electron chi connectivity index (χ3n) is 4.96. The van der Waals surface area contributed by atoms with Gasteiger partial charge in [0.25, 0.3) is 0 Å². The Morgan fingerprint density at radius 1 is 1.13 bits per heavy atom. The maximum Gasteiger partial charge on any atom is 0.407 e. The van der Waals surface area contributed by atoms with Crippen LogP contribution >= 0.6 is 0 Å². The zero-order valence-electron chi connectivity index (χ0n) is 17.1. The first-order valence-electron chi connectivity index (χ1n) is 9.77. The smallest absolute Gasteiger partial charge is 0.336 e. The van der Waals surface area contributed by atoms with Crippen LogP contribution in [0.25, 0.3) is 0 Å². The fourth-order valence-corrected chi connectivity index (χ4v) is 3.26. The predicted molar refractivity (Wildman–Crippen MR) is 102 cm³/mol. The van der Waals surface area contributed by atoms with Gasteiger partial charge in [0, 0.05) is 12.8 Å². The van der Waals surface area contributed by atoms with Gasteiger partial charge < -0.3 is 5.32 Å². The summed E-state index contributed by atoms with van der Waals surface area (Å²) in [6.07, 6.45) is -5.80. The van der Waals surface area contributed by atoms with Crippen molar-refractivity contribution in [2.45, 2.75) is 76.2 Å². The molecule has 0 bridgehead atoms. The van der Waals surface area contributed by atoms with Gasteiger partial charge in [0.1, 0.15) is 11.6 Å². The van der Waals surface area contributed by atoms with E-state index in [2.05, 4.69) is 10.6 Å². The lowest BCUT2D eigenvalue weighted by Crippen LogP contribution is -2.53. The Labute approximate surface area is 172 Å². The van der Waals surface area contributed by atoms with Crippen molar-refractivity contribution in [2.75, 3.05) is 0 Å². The highest BCUT2D eigenvalue weighted by Gasteiger charge is 2.49. The molecule has 1 saturated carbocycles. The molecule has 1 amide bonds. The Bertz CT molecular complexity index is 779. The molecule has 1 aliphatic carbocycles. The Hall–Kier alpha value is -2.21. The lowest BCUT2D eigenvalue weighted by Gasteiger charge is -2.30. The van der Waals surface area contributed by atoms with Crippen molar-refractivity contribution in [3.63, 3.8) is 0 Å². The number of halogens is 5. The summed E-state index contributed by atoms with van der Waals surface area (Å²) in [5, 5.41) is 13.6. The maximum absolute atomic E-state index is 14.5. The normalized spacial score (nSPS) is 17.9. The fraction of sp³-hybridized carbons (Fsp3) is 0.619. The minimum Gasteiger partial charge on any atom is -0.336 e. The van der Waals surface area contributed by atoms with Gasteiger partial charge in [0.2, 0.25) is 11.8 Å². The van der Waals surface area contributed by atoms with Gasteiger partial charge in [-0.25, -0.2) is 8.78 Å². The van der Waals surface area contributed by atoms with Crippen LogP contribution in [-0.2, 0) is 4.79 Å². The van der Waals surface area contributed by atoms with Crippen molar-refractivity contribution in [1.82, 2.24) is 10.6 Å². The summed E-state index contributed by atoms with van der Waals surface area (Å²) in [6, 6.07) is 3.22. The van der Waals surface area contributed by atoms with Crippen LogP contribution in [0.1, 0.15) is 56.7 Å². The third-order valence-corrected chi connectivity index (χ3v) is 4.96. The van der Waals surface area contributed by atoms with E-state index in [0.717, 1.165) is 5.56 Å². The molecule has 30 heavy (non-hydrogen) atoms. The van der Waals surface area contributed by atoms with Crippen LogP contribution in [0.3, 0.4) is 0 Å². The quantitative estimate of drug-likeness (QED) is 0.552. The van der Waals surface area contributed by atoms with Crippen molar-refractivity contribution < 1.29 is 26.7 Å². The van der Waals surface area contributed by atoms with Gasteiger partial charge in [-0.05, 0) is 31.2 Å². The largest absolute Gasteiger partial charge is 0.407 e. The van der Waals surface area contributed by atoms with Crippen molar-refractivity contribution in [1.29, 1.82) is 5.26 Å². The van der Waals surface area contributed by atoms with E-state index in [0.29, 0.717) is 12.8 Å². The number of benzene rings is 1. The van der Waals surface area contributed by atoms with Gasteiger partial charge >= 0.3 is 6.18 Å². The van der Waals surface area contributed by atoms with Crippen molar-refractivity contribution in [2.24, 2.45) is 5.92 Å². The average molecular weight is 431 g/mol. The summed E-state index contributed by atoms with van der Waals surface area (Å²) in [6.45, 7) is 4.84. The second-order valence-electron chi connectivity index (χ2n) is 8.45. The number of carbonyl (C=O) groups is 1. The zero-order chi connectivity index (χ0) is 22.7. The van der Waals surface area contributed by atoms with Gasteiger partial charge in [0.05, 0.1) is 12.1 Å². The number of carbonyl (C=O) groups excluding carboxylic acids is 1. The summed E-state index contributed by atoms with van der Waals surface area (Å²) < 4.78 is 70.2. The van der Waals surface area contributed by atoms with E-state index in [4.69, 9.17) is 5.26 Å². The molecular formula is C21H26F5N3O. The van der Waals surface area contributed by atoms with Crippen LogP contribution in [0, 0.1) is 24.2 Å². The number of nitrogens with one attached hydrogen (secondary N) is 2. The third kappa shape index (κ3) is 6.66. The molecule has 0 heterocycles. The molecule has 2 atom stereocenters. The molecule has 1 unspecified atom stereocenters. The molecule has 0 aliphatic heterocycles. The second-order valence-corrected chi connectivity index (χ2v) is 8.45. The molecule has 2 N–H and O–H groups in total. The van der Waals surface area contributed by atoms with E-state index in [-0.39, 0.29) is 5.56 Å². The number of hydrogen-bond donors (Lipinski definition) is 2. The molecule has 1 aliphatic rings. The van der Waals surface area contributed by atoms with Crippen LogP contribution in [-0.4, -0.2) is 29.6 Å². The monoisotopic (exact) mass is 431 g/mol.